The summed E-state index contributed by atoms with van der Waals surface area (Å²) in [5, 5.41) is 4.01. The van der Waals surface area contributed by atoms with Crippen molar-refractivity contribution in [3.05, 3.63) is 65.9 Å². The molecule has 7 heteroatoms. The Morgan fingerprint density at radius 1 is 0.893 bits per heavy atom. The minimum Gasteiger partial charge on any atom is -0.497 e. The summed E-state index contributed by atoms with van der Waals surface area (Å²) in [4.78, 5) is 13.4. The molecule has 0 saturated carbocycles. The SMILES string of the molecule is COc1ccc(N2CCN(c3cc(Nc4ccc(Cl)cc4)ncn3)CC2)cc1. The van der Waals surface area contributed by atoms with Crippen LogP contribution in [0.1, 0.15) is 0 Å². The van der Waals surface area contributed by atoms with Crippen molar-refractivity contribution in [1.82, 2.24) is 9.97 Å². The summed E-state index contributed by atoms with van der Waals surface area (Å²) in [5.74, 6) is 2.58. The predicted octanol–water partition coefficient (Wildman–Crippen LogP) is 4.21. The summed E-state index contributed by atoms with van der Waals surface area (Å²) in [6.07, 6.45) is 1.60. The van der Waals surface area contributed by atoms with Gasteiger partial charge in [-0.2, -0.15) is 0 Å². The van der Waals surface area contributed by atoms with Gasteiger partial charge < -0.3 is 19.9 Å². The molecule has 2 aromatic carbocycles. The van der Waals surface area contributed by atoms with Crippen molar-refractivity contribution in [2.75, 3.05) is 48.4 Å². The average Bonchev–Trinajstić information content (AvgIpc) is 2.76. The lowest BCUT2D eigenvalue weighted by Crippen LogP contribution is -2.46. The number of hydrogen-bond acceptors (Lipinski definition) is 6. The van der Waals surface area contributed by atoms with E-state index in [0.29, 0.717) is 5.02 Å². The van der Waals surface area contributed by atoms with Crippen LogP contribution < -0.4 is 19.9 Å². The first-order valence-corrected chi connectivity index (χ1v) is 9.58. The zero-order chi connectivity index (χ0) is 19.3. The van der Waals surface area contributed by atoms with E-state index in [4.69, 9.17) is 16.3 Å². The van der Waals surface area contributed by atoms with E-state index in [0.717, 1.165) is 49.3 Å². The van der Waals surface area contributed by atoms with Gasteiger partial charge in [-0.15, -0.1) is 0 Å². The third kappa shape index (κ3) is 4.28. The first-order chi connectivity index (χ1) is 13.7. The molecule has 1 aliphatic rings. The van der Waals surface area contributed by atoms with Crippen LogP contribution >= 0.6 is 11.6 Å². The molecule has 1 fully saturated rings. The largest absolute Gasteiger partial charge is 0.497 e. The summed E-state index contributed by atoms with van der Waals surface area (Å²) in [6, 6.07) is 17.8. The summed E-state index contributed by atoms with van der Waals surface area (Å²) in [5.41, 5.74) is 2.16. The zero-order valence-corrected chi connectivity index (χ0v) is 16.4. The van der Waals surface area contributed by atoms with Gasteiger partial charge in [0.2, 0.25) is 0 Å². The van der Waals surface area contributed by atoms with E-state index in [1.54, 1.807) is 13.4 Å². The summed E-state index contributed by atoms with van der Waals surface area (Å²) < 4.78 is 5.24. The Labute approximate surface area is 169 Å². The van der Waals surface area contributed by atoms with E-state index in [9.17, 15) is 0 Å². The second-order valence-electron chi connectivity index (χ2n) is 6.57. The fraction of sp³-hybridized carbons (Fsp3) is 0.238. The summed E-state index contributed by atoms with van der Waals surface area (Å²) in [7, 11) is 1.69. The van der Waals surface area contributed by atoms with Crippen molar-refractivity contribution in [2.45, 2.75) is 0 Å². The smallest absolute Gasteiger partial charge is 0.135 e. The van der Waals surface area contributed by atoms with Gasteiger partial charge in [0, 0.05) is 48.6 Å². The van der Waals surface area contributed by atoms with Crippen LogP contribution in [0.25, 0.3) is 0 Å². The van der Waals surface area contributed by atoms with E-state index in [1.165, 1.54) is 5.69 Å². The minimum absolute atomic E-state index is 0.712. The van der Waals surface area contributed by atoms with Crippen LogP contribution in [0, 0.1) is 0 Å². The van der Waals surface area contributed by atoms with Crippen molar-refractivity contribution in [1.29, 1.82) is 0 Å². The summed E-state index contributed by atoms with van der Waals surface area (Å²) in [6.45, 7) is 3.69. The van der Waals surface area contributed by atoms with Crippen LogP contribution in [0.15, 0.2) is 60.9 Å². The second kappa shape index (κ2) is 8.35. The maximum atomic E-state index is 5.94. The van der Waals surface area contributed by atoms with E-state index in [-0.39, 0.29) is 0 Å². The molecule has 2 heterocycles. The molecule has 1 aromatic heterocycles. The van der Waals surface area contributed by atoms with Gasteiger partial charge in [0.25, 0.3) is 0 Å². The number of rotatable bonds is 5. The number of benzene rings is 2. The highest BCUT2D eigenvalue weighted by Crippen LogP contribution is 2.24. The molecule has 1 aliphatic heterocycles. The van der Waals surface area contributed by atoms with Crippen molar-refractivity contribution < 1.29 is 4.74 Å². The molecule has 0 amide bonds. The van der Waals surface area contributed by atoms with Gasteiger partial charge in [0.05, 0.1) is 7.11 Å². The Kier molecular flexibility index (Phi) is 5.48. The number of aromatic nitrogens is 2. The first kappa shape index (κ1) is 18.4. The molecule has 0 bridgehead atoms. The molecule has 1 N–H and O–H groups in total. The van der Waals surface area contributed by atoms with Gasteiger partial charge in [-0.1, -0.05) is 11.6 Å². The number of nitrogens with one attached hydrogen (secondary N) is 1. The molecule has 1 saturated heterocycles. The first-order valence-electron chi connectivity index (χ1n) is 9.20. The van der Waals surface area contributed by atoms with Crippen LogP contribution in [0.5, 0.6) is 5.75 Å². The molecule has 0 unspecified atom stereocenters. The van der Waals surface area contributed by atoms with Gasteiger partial charge >= 0.3 is 0 Å². The Morgan fingerprint density at radius 2 is 1.57 bits per heavy atom. The number of ether oxygens (including phenoxy) is 1. The highest BCUT2D eigenvalue weighted by Gasteiger charge is 2.19. The fourth-order valence-electron chi connectivity index (χ4n) is 3.26. The molecular formula is C21H22ClN5O. The van der Waals surface area contributed by atoms with Crippen LogP contribution in [-0.4, -0.2) is 43.3 Å². The lowest BCUT2D eigenvalue weighted by molar-refractivity contribution is 0.415. The highest BCUT2D eigenvalue weighted by atomic mass is 35.5. The molecule has 6 nitrogen and oxygen atoms in total. The van der Waals surface area contributed by atoms with Gasteiger partial charge in [0.15, 0.2) is 0 Å². The van der Waals surface area contributed by atoms with Gasteiger partial charge in [-0.25, -0.2) is 9.97 Å². The van der Waals surface area contributed by atoms with E-state index < -0.39 is 0 Å². The van der Waals surface area contributed by atoms with Crippen molar-refractivity contribution in [2.24, 2.45) is 0 Å². The molecule has 3 aromatic rings. The Morgan fingerprint density at radius 3 is 2.25 bits per heavy atom. The lowest BCUT2D eigenvalue weighted by Gasteiger charge is -2.36. The Hall–Kier alpha value is -2.99. The molecule has 28 heavy (non-hydrogen) atoms. The maximum Gasteiger partial charge on any atom is 0.135 e. The van der Waals surface area contributed by atoms with Gasteiger partial charge in [-0.3, -0.25) is 0 Å². The van der Waals surface area contributed by atoms with Crippen LogP contribution in [0.2, 0.25) is 5.02 Å². The number of halogens is 1. The zero-order valence-electron chi connectivity index (χ0n) is 15.7. The number of piperazine rings is 1. The molecule has 0 aliphatic carbocycles. The number of methoxy groups -OCH3 is 1. The number of anilines is 4. The third-order valence-electron chi connectivity index (χ3n) is 4.81. The van der Waals surface area contributed by atoms with E-state index in [2.05, 4.69) is 37.2 Å². The van der Waals surface area contributed by atoms with E-state index in [1.807, 2.05) is 42.5 Å². The normalized spacial score (nSPS) is 14.1. The molecule has 144 valence electrons. The number of nitrogens with zero attached hydrogens (tertiary/aromatic N) is 4. The lowest BCUT2D eigenvalue weighted by atomic mass is 10.2. The third-order valence-corrected chi connectivity index (χ3v) is 5.06. The quantitative estimate of drug-likeness (QED) is 0.698. The van der Waals surface area contributed by atoms with Crippen LogP contribution in [0.3, 0.4) is 0 Å². The van der Waals surface area contributed by atoms with Crippen molar-refractivity contribution in [3.8, 4) is 5.75 Å². The van der Waals surface area contributed by atoms with Crippen molar-refractivity contribution >= 4 is 34.6 Å². The second-order valence-corrected chi connectivity index (χ2v) is 7.00. The highest BCUT2D eigenvalue weighted by molar-refractivity contribution is 6.30. The van der Waals surface area contributed by atoms with Gasteiger partial charge in [-0.05, 0) is 48.5 Å². The summed E-state index contributed by atoms with van der Waals surface area (Å²) >= 11 is 5.94. The Bertz CT molecular complexity index is 909. The van der Waals surface area contributed by atoms with Crippen LogP contribution in [0.4, 0.5) is 23.0 Å². The average molecular weight is 396 g/mol. The standard InChI is InChI=1S/C21H22ClN5O/c1-28-19-8-6-18(7-9-19)26-10-12-27(13-11-26)21-14-20(23-15-24-21)25-17-4-2-16(22)3-5-17/h2-9,14-15H,10-13H2,1H3,(H,23,24,25). The van der Waals surface area contributed by atoms with Crippen LogP contribution in [-0.2, 0) is 0 Å². The molecule has 0 spiro atoms. The molecule has 4 rings (SSSR count). The molecule has 0 radical (unpaired) electrons. The fourth-order valence-corrected chi connectivity index (χ4v) is 3.38. The molecule has 0 atom stereocenters. The van der Waals surface area contributed by atoms with Gasteiger partial charge in [0.1, 0.15) is 23.7 Å². The predicted molar refractivity (Wildman–Crippen MR) is 114 cm³/mol. The van der Waals surface area contributed by atoms with E-state index >= 15 is 0 Å². The monoisotopic (exact) mass is 395 g/mol. The minimum atomic E-state index is 0.712. The number of hydrogen-bond donors (Lipinski definition) is 1. The topological polar surface area (TPSA) is 53.5 Å². The maximum absolute atomic E-state index is 5.94. The molecular weight excluding hydrogens is 374 g/mol. The van der Waals surface area contributed by atoms with Crippen molar-refractivity contribution in [3.63, 3.8) is 0 Å². The Balaban J connectivity index is 1.39.